The van der Waals surface area contributed by atoms with Crippen molar-refractivity contribution in [2.24, 2.45) is 0 Å². The summed E-state index contributed by atoms with van der Waals surface area (Å²) < 4.78 is 12.7. The molecule has 0 spiro atoms. The largest absolute Gasteiger partial charge is 0.444 e. The first kappa shape index (κ1) is 23.5. The second kappa shape index (κ2) is 9.17. The Bertz CT molecular complexity index is 816. The molecule has 31 heavy (non-hydrogen) atoms. The van der Waals surface area contributed by atoms with Crippen molar-refractivity contribution >= 4 is 24.8 Å². The molecule has 0 aliphatic carbocycles. The van der Waals surface area contributed by atoms with Gasteiger partial charge in [0, 0.05) is 6.54 Å². The SMILES string of the molecule is CC(C)(C)OC(=O)N1CCC[C@@H]1CO[Si](c1ccccc1)(c1ccccc1)C(C)(C)C. The molecular formula is C26H37NO3Si. The number of likely N-dealkylation sites (tertiary alicyclic amines) is 1. The molecule has 0 aromatic heterocycles. The van der Waals surface area contributed by atoms with Crippen LogP contribution in [0.2, 0.25) is 5.04 Å². The first-order valence-corrected chi connectivity index (χ1v) is 13.2. The first-order chi connectivity index (χ1) is 14.5. The molecule has 0 unspecified atom stereocenters. The summed E-state index contributed by atoms with van der Waals surface area (Å²) >= 11 is 0. The molecule has 1 atom stereocenters. The number of amides is 1. The summed E-state index contributed by atoms with van der Waals surface area (Å²) in [5, 5.41) is 2.44. The highest BCUT2D eigenvalue weighted by molar-refractivity contribution is 6.99. The molecule has 1 heterocycles. The number of hydrogen-bond acceptors (Lipinski definition) is 3. The summed E-state index contributed by atoms with van der Waals surface area (Å²) in [7, 11) is -2.61. The highest BCUT2D eigenvalue weighted by Gasteiger charge is 2.50. The van der Waals surface area contributed by atoms with Crippen molar-refractivity contribution in [3.8, 4) is 0 Å². The molecule has 0 radical (unpaired) electrons. The molecule has 5 heteroatoms. The molecule has 0 N–H and O–H groups in total. The van der Waals surface area contributed by atoms with Crippen LogP contribution in [0.1, 0.15) is 54.4 Å². The van der Waals surface area contributed by atoms with Crippen LogP contribution in [0, 0.1) is 0 Å². The van der Waals surface area contributed by atoms with Crippen LogP contribution < -0.4 is 10.4 Å². The fourth-order valence-electron chi connectivity index (χ4n) is 4.55. The van der Waals surface area contributed by atoms with E-state index in [0.717, 1.165) is 19.4 Å². The molecule has 2 aromatic rings. The molecule has 0 bridgehead atoms. The van der Waals surface area contributed by atoms with Crippen LogP contribution in [0.15, 0.2) is 60.7 Å². The lowest BCUT2D eigenvalue weighted by atomic mass is 10.2. The smallest absolute Gasteiger partial charge is 0.410 e. The maximum Gasteiger partial charge on any atom is 0.410 e. The summed E-state index contributed by atoms with van der Waals surface area (Å²) in [5.74, 6) is 0. The molecule has 0 saturated carbocycles. The quantitative estimate of drug-likeness (QED) is 0.618. The standard InChI is InChI=1S/C26H37NO3Si/c1-25(2,3)30-24(28)27-19-13-14-21(27)20-29-31(26(4,5)6,22-15-9-7-10-16-22)23-17-11-8-12-18-23/h7-12,15-18,21H,13-14,19-20H2,1-6H3/t21-/m1/s1. The number of ether oxygens (including phenoxy) is 1. The fourth-order valence-corrected chi connectivity index (χ4v) is 9.15. The average molecular weight is 440 g/mol. The fraction of sp³-hybridized carbons (Fsp3) is 0.500. The van der Waals surface area contributed by atoms with E-state index in [2.05, 4.69) is 81.4 Å². The van der Waals surface area contributed by atoms with Gasteiger partial charge in [-0.15, -0.1) is 0 Å². The molecule has 3 rings (SSSR count). The third-order valence-electron chi connectivity index (χ3n) is 5.91. The maximum atomic E-state index is 12.8. The Hall–Kier alpha value is -2.11. The van der Waals surface area contributed by atoms with E-state index in [4.69, 9.17) is 9.16 Å². The Balaban J connectivity index is 1.94. The van der Waals surface area contributed by atoms with Crippen molar-refractivity contribution in [3.05, 3.63) is 60.7 Å². The van der Waals surface area contributed by atoms with Crippen molar-refractivity contribution in [2.75, 3.05) is 13.2 Å². The molecule has 1 amide bonds. The normalized spacial score (nSPS) is 17.6. The zero-order valence-corrected chi connectivity index (χ0v) is 20.9. The summed E-state index contributed by atoms with van der Waals surface area (Å²) in [6.07, 6.45) is 1.69. The van der Waals surface area contributed by atoms with Crippen LogP contribution in [0.4, 0.5) is 4.79 Å². The van der Waals surface area contributed by atoms with Crippen molar-refractivity contribution in [3.63, 3.8) is 0 Å². The van der Waals surface area contributed by atoms with Gasteiger partial charge in [0.2, 0.25) is 0 Å². The third-order valence-corrected chi connectivity index (χ3v) is 10.9. The predicted octanol–water partition coefficient (Wildman–Crippen LogP) is 4.96. The molecular weight excluding hydrogens is 402 g/mol. The van der Waals surface area contributed by atoms with Gasteiger partial charge in [-0.05, 0) is 49.0 Å². The van der Waals surface area contributed by atoms with Crippen LogP contribution in [0.25, 0.3) is 0 Å². The van der Waals surface area contributed by atoms with E-state index in [-0.39, 0.29) is 17.2 Å². The Kier molecular flexibility index (Phi) is 6.97. The minimum Gasteiger partial charge on any atom is -0.444 e. The van der Waals surface area contributed by atoms with E-state index >= 15 is 0 Å². The number of hydrogen-bond donors (Lipinski definition) is 0. The maximum absolute atomic E-state index is 12.8. The number of rotatable bonds is 5. The number of benzene rings is 2. The Morgan fingerprint density at radius 2 is 1.45 bits per heavy atom. The predicted molar refractivity (Wildman–Crippen MR) is 130 cm³/mol. The van der Waals surface area contributed by atoms with Crippen LogP contribution in [0.3, 0.4) is 0 Å². The van der Waals surface area contributed by atoms with Gasteiger partial charge in [-0.2, -0.15) is 0 Å². The summed E-state index contributed by atoms with van der Waals surface area (Å²) in [5.41, 5.74) is -0.497. The Morgan fingerprint density at radius 3 is 1.90 bits per heavy atom. The van der Waals surface area contributed by atoms with Gasteiger partial charge in [0.1, 0.15) is 5.60 Å². The molecule has 1 saturated heterocycles. The monoisotopic (exact) mass is 439 g/mol. The Morgan fingerprint density at radius 1 is 0.935 bits per heavy atom. The van der Waals surface area contributed by atoms with Crippen LogP contribution in [-0.4, -0.2) is 44.1 Å². The zero-order valence-electron chi connectivity index (χ0n) is 19.9. The minimum atomic E-state index is -2.61. The third kappa shape index (κ3) is 5.21. The van der Waals surface area contributed by atoms with Crippen molar-refractivity contribution in [1.82, 2.24) is 4.90 Å². The highest BCUT2D eigenvalue weighted by Crippen LogP contribution is 2.37. The lowest BCUT2D eigenvalue weighted by molar-refractivity contribution is 0.0183. The number of nitrogens with zero attached hydrogens (tertiary/aromatic N) is 1. The van der Waals surface area contributed by atoms with E-state index in [0.29, 0.717) is 6.61 Å². The van der Waals surface area contributed by atoms with Crippen molar-refractivity contribution in [2.45, 2.75) is 71.1 Å². The van der Waals surface area contributed by atoms with Crippen LogP contribution in [0.5, 0.6) is 0 Å². The van der Waals surface area contributed by atoms with E-state index in [1.807, 2.05) is 25.7 Å². The summed E-state index contributed by atoms with van der Waals surface area (Å²) in [6, 6.07) is 21.3. The lowest BCUT2D eigenvalue weighted by Gasteiger charge is -2.44. The molecule has 1 aliphatic heterocycles. The van der Waals surface area contributed by atoms with E-state index in [9.17, 15) is 4.79 Å². The van der Waals surface area contributed by atoms with Crippen LogP contribution >= 0.6 is 0 Å². The molecule has 1 aliphatic rings. The topological polar surface area (TPSA) is 38.8 Å². The summed E-state index contributed by atoms with van der Waals surface area (Å²) in [4.78, 5) is 14.7. The zero-order chi connectivity index (χ0) is 22.7. The molecule has 1 fully saturated rings. The van der Waals surface area contributed by atoms with E-state index in [1.54, 1.807) is 0 Å². The second-order valence-electron chi connectivity index (χ2n) is 10.4. The van der Waals surface area contributed by atoms with Gasteiger partial charge in [-0.25, -0.2) is 4.79 Å². The van der Waals surface area contributed by atoms with Gasteiger partial charge in [0.05, 0.1) is 12.6 Å². The second-order valence-corrected chi connectivity index (χ2v) is 14.7. The van der Waals surface area contributed by atoms with Crippen molar-refractivity contribution in [1.29, 1.82) is 0 Å². The van der Waals surface area contributed by atoms with Gasteiger partial charge in [0.15, 0.2) is 0 Å². The highest BCUT2D eigenvalue weighted by atomic mass is 28.4. The van der Waals surface area contributed by atoms with E-state index in [1.165, 1.54) is 10.4 Å². The average Bonchev–Trinajstić information content (AvgIpc) is 3.17. The molecule has 2 aromatic carbocycles. The van der Waals surface area contributed by atoms with Crippen LogP contribution in [-0.2, 0) is 9.16 Å². The molecule has 168 valence electrons. The minimum absolute atomic E-state index is 0.0384. The van der Waals surface area contributed by atoms with Gasteiger partial charge >= 0.3 is 6.09 Å². The lowest BCUT2D eigenvalue weighted by Crippen LogP contribution is -2.67. The van der Waals surface area contributed by atoms with Gasteiger partial charge in [-0.1, -0.05) is 81.4 Å². The van der Waals surface area contributed by atoms with Gasteiger partial charge < -0.3 is 14.1 Å². The first-order valence-electron chi connectivity index (χ1n) is 11.3. The van der Waals surface area contributed by atoms with E-state index < -0.39 is 13.9 Å². The summed E-state index contributed by atoms with van der Waals surface area (Å²) in [6.45, 7) is 13.8. The van der Waals surface area contributed by atoms with Crippen molar-refractivity contribution < 1.29 is 14.0 Å². The number of carbonyl (C=O) groups excluding carboxylic acids is 1. The molecule has 4 nitrogen and oxygen atoms in total. The van der Waals surface area contributed by atoms with Gasteiger partial charge in [0.25, 0.3) is 8.32 Å². The van der Waals surface area contributed by atoms with Gasteiger partial charge in [-0.3, -0.25) is 0 Å². The Labute approximate surface area is 188 Å². The number of carbonyl (C=O) groups is 1.